The zero-order valence-electron chi connectivity index (χ0n) is 13.0. The van der Waals surface area contributed by atoms with Gasteiger partial charge < -0.3 is 19.9 Å². The Morgan fingerprint density at radius 3 is 2.26 bits per heavy atom. The number of nitrogens with zero attached hydrogens (tertiary/aromatic N) is 1. The molecule has 10 heteroatoms. The number of carbonyl (C=O) groups is 3. The number of thiocarbonyl (C=S) groups is 1. The summed E-state index contributed by atoms with van der Waals surface area (Å²) in [5, 5.41) is 1.94. The van der Waals surface area contributed by atoms with Gasteiger partial charge in [0, 0.05) is 12.3 Å². The number of ether oxygens (including phenoxy) is 3. The van der Waals surface area contributed by atoms with Crippen molar-refractivity contribution in [3.8, 4) is 0 Å². The average molecular weight is 362 g/mol. The molecule has 0 aromatic carbocycles. The highest BCUT2D eigenvalue weighted by atomic mass is 32.1. The fraction of sp³-hybridized carbons (Fsp3) is 0.462. The lowest BCUT2D eigenvalue weighted by molar-refractivity contribution is -0.142. The van der Waals surface area contributed by atoms with Crippen LogP contribution in [0.15, 0.2) is 5.38 Å². The smallest absolute Gasteiger partial charge is 0.367 e. The van der Waals surface area contributed by atoms with Crippen LogP contribution in [-0.4, -0.2) is 41.1 Å². The van der Waals surface area contributed by atoms with Gasteiger partial charge in [0.25, 0.3) is 0 Å². The first kappa shape index (κ1) is 20.9. The van der Waals surface area contributed by atoms with Gasteiger partial charge in [0.2, 0.25) is 5.01 Å². The van der Waals surface area contributed by atoms with Gasteiger partial charge in [0.15, 0.2) is 4.99 Å². The topological polar surface area (TPSA) is 118 Å². The van der Waals surface area contributed by atoms with Crippen LogP contribution in [0.1, 0.15) is 36.3 Å². The van der Waals surface area contributed by atoms with Gasteiger partial charge in [-0.2, -0.15) is 0 Å². The van der Waals surface area contributed by atoms with E-state index in [2.05, 4.69) is 21.9 Å². The van der Waals surface area contributed by atoms with Gasteiger partial charge in [-0.15, -0.1) is 11.3 Å². The van der Waals surface area contributed by atoms with Crippen LogP contribution in [0.25, 0.3) is 0 Å². The zero-order valence-corrected chi connectivity index (χ0v) is 14.6. The van der Waals surface area contributed by atoms with E-state index in [4.69, 9.17) is 15.2 Å². The number of rotatable bonds is 5. The first-order valence-electron chi connectivity index (χ1n) is 6.53. The molecule has 2 N–H and O–H groups in total. The Morgan fingerprint density at radius 1 is 1.22 bits per heavy atom. The van der Waals surface area contributed by atoms with E-state index in [0.29, 0.717) is 18.9 Å². The molecule has 0 amide bonds. The third-order valence-electron chi connectivity index (χ3n) is 1.90. The minimum atomic E-state index is -0.609. The molecule has 0 radical (unpaired) electrons. The SMILES string of the molecule is CCOC(=O)C(N)=S.CCOC(=O)c1nc(COC(C)=O)cs1. The molecule has 0 aliphatic carbocycles. The average Bonchev–Trinajstić information content (AvgIpc) is 2.95. The van der Waals surface area contributed by atoms with E-state index in [1.54, 1.807) is 19.2 Å². The normalized spacial score (nSPS) is 9.17. The maximum atomic E-state index is 11.2. The van der Waals surface area contributed by atoms with Gasteiger partial charge in [-0.05, 0) is 13.8 Å². The molecule has 23 heavy (non-hydrogen) atoms. The highest BCUT2D eigenvalue weighted by Gasteiger charge is 2.12. The summed E-state index contributed by atoms with van der Waals surface area (Å²) in [6.45, 7) is 5.46. The fourth-order valence-corrected chi connectivity index (χ4v) is 1.79. The van der Waals surface area contributed by atoms with E-state index in [1.165, 1.54) is 18.3 Å². The molecule has 0 unspecified atom stereocenters. The standard InChI is InChI=1S/C9H11NO4S.C4H7NO2S/c1-3-13-9(12)8-10-7(5-15-8)4-14-6(2)11;1-2-7-4(6)3(5)8/h5H,3-4H2,1-2H3;2H2,1H3,(H2,5,8). The molecular weight excluding hydrogens is 344 g/mol. The van der Waals surface area contributed by atoms with Crippen LogP contribution >= 0.6 is 23.6 Å². The highest BCUT2D eigenvalue weighted by molar-refractivity contribution is 7.81. The summed E-state index contributed by atoms with van der Waals surface area (Å²) in [7, 11) is 0. The second-order valence-corrected chi connectivity index (χ2v) is 5.03. The van der Waals surface area contributed by atoms with Gasteiger partial charge in [0.05, 0.1) is 18.9 Å². The van der Waals surface area contributed by atoms with Crippen LogP contribution in [0.2, 0.25) is 0 Å². The Morgan fingerprint density at radius 2 is 1.83 bits per heavy atom. The molecule has 1 aromatic heterocycles. The van der Waals surface area contributed by atoms with Gasteiger partial charge in [-0.3, -0.25) is 4.79 Å². The van der Waals surface area contributed by atoms with Gasteiger partial charge >= 0.3 is 17.9 Å². The second-order valence-electron chi connectivity index (χ2n) is 3.73. The summed E-state index contributed by atoms with van der Waals surface area (Å²) in [6, 6.07) is 0. The van der Waals surface area contributed by atoms with Crippen molar-refractivity contribution in [1.29, 1.82) is 0 Å². The van der Waals surface area contributed by atoms with E-state index in [-0.39, 0.29) is 22.6 Å². The van der Waals surface area contributed by atoms with Crippen LogP contribution in [0.5, 0.6) is 0 Å². The van der Waals surface area contributed by atoms with Crippen molar-refractivity contribution in [2.45, 2.75) is 27.4 Å². The summed E-state index contributed by atoms with van der Waals surface area (Å²) in [5.74, 6) is -1.43. The first-order chi connectivity index (χ1) is 10.8. The summed E-state index contributed by atoms with van der Waals surface area (Å²) in [5.41, 5.74) is 5.43. The number of carbonyl (C=O) groups excluding carboxylic acids is 3. The van der Waals surface area contributed by atoms with E-state index in [9.17, 15) is 14.4 Å². The van der Waals surface area contributed by atoms with E-state index >= 15 is 0 Å². The number of hydrogen-bond acceptors (Lipinski definition) is 9. The van der Waals surface area contributed by atoms with Crippen LogP contribution in [0.4, 0.5) is 0 Å². The Bertz CT molecular complexity index is 558. The van der Waals surface area contributed by atoms with Crippen molar-refractivity contribution in [1.82, 2.24) is 4.98 Å². The number of esters is 3. The summed E-state index contributed by atoms with van der Waals surface area (Å²) in [6.07, 6.45) is 0. The third kappa shape index (κ3) is 9.53. The predicted molar refractivity (Wildman–Crippen MR) is 87.0 cm³/mol. The number of nitrogens with two attached hydrogens (primary N) is 1. The molecule has 0 spiro atoms. The summed E-state index contributed by atoms with van der Waals surface area (Å²) < 4.78 is 13.9. The molecule has 0 bridgehead atoms. The van der Waals surface area contributed by atoms with Crippen molar-refractivity contribution < 1.29 is 28.6 Å². The molecule has 0 fully saturated rings. The Kier molecular flexibility index (Phi) is 10.5. The molecule has 8 nitrogen and oxygen atoms in total. The van der Waals surface area contributed by atoms with Gasteiger partial charge in [-0.25, -0.2) is 14.6 Å². The molecule has 0 saturated carbocycles. The highest BCUT2D eigenvalue weighted by Crippen LogP contribution is 2.11. The molecule has 128 valence electrons. The summed E-state index contributed by atoms with van der Waals surface area (Å²) in [4.78, 5) is 35.7. The molecule has 0 aliphatic heterocycles. The van der Waals surface area contributed by atoms with Crippen molar-refractivity contribution in [3.63, 3.8) is 0 Å². The monoisotopic (exact) mass is 362 g/mol. The molecular formula is C13H18N2O6S2. The van der Waals surface area contributed by atoms with Crippen molar-refractivity contribution in [3.05, 3.63) is 16.1 Å². The number of thiazole rings is 1. The Hall–Kier alpha value is -2.07. The number of aromatic nitrogens is 1. The Labute approximate surface area is 142 Å². The van der Waals surface area contributed by atoms with Crippen LogP contribution in [0, 0.1) is 0 Å². The molecule has 0 atom stereocenters. The fourth-order valence-electron chi connectivity index (χ4n) is 1.04. The predicted octanol–water partition coefficient (Wildman–Crippen LogP) is 1.22. The molecule has 0 saturated heterocycles. The van der Waals surface area contributed by atoms with Crippen LogP contribution in [0.3, 0.4) is 0 Å². The summed E-state index contributed by atoms with van der Waals surface area (Å²) >= 11 is 5.46. The minimum absolute atomic E-state index is 0.0885. The molecule has 1 rings (SSSR count). The van der Waals surface area contributed by atoms with E-state index in [1.807, 2.05) is 0 Å². The van der Waals surface area contributed by atoms with Crippen LogP contribution < -0.4 is 5.73 Å². The molecule has 1 aromatic rings. The van der Waals surface area contributed by atoms with Crippen LogP contribution in [-0.2, 0) is 30.4 Å². The van der Waals surface area contributed by atoms with Crippen molar-refractivity contribution >= 4 is 46.5 Å². The lowest BCUT2D eigenvalue weighted by Gasteiger charge is -1.97. The molecule has 1 heterocycles. The Balaban J connectivity index is 0.000000515. The number of hydrogen-bond donors (Lipinski definition) is 1. The largest absolute Gasteiger partial charge is 0.461 e. The van der Waals surface area contributed by atoms with Gasteiger partial charge in [-0.1, -0.05) is 12.2 Å². The second kappa shape index (κ2) is 11.5. The van der Waals surface area contributed by atoms with Gasteiger partial charge in [0.1, 0.15) is 6.61 Å². The van der Waals surface area contributed by atoms with Crippen molar-refractivity contribution in [2.75, 3.05) is 13.2 Å². The molecule has 0 aliphatic rings. The minimum Gasteiger partial charge on any atom is -0.461 e. The maximum absolute atomic E-state index is 11.2. The maximum Gasteiger partial charge on any atom is 0.367 e. The lowest BCUT2D eigenvalue weighted by Crippen LogP contribution is -2.23. The van der Waals surface area contributed by atoms with Crippen molar-refractivity contribution in [2.24, 2.45) is 5.73 Å². The third-order valence-corrected chi connectivity index (χ3v) is 2.94. The van der Waals surface area contributed by atoms with E-state index in [0.717, 1.165) is 0 Å². The quantitative estimate of drug-likeness (QED) is 0.468. The zero-order chi connectivity index (χ0) is 17.8. The first-order valence-corrected chi connectivity index (χ1v) is 7.81. The van der Waals surface area contributed by atoms with E-state index < -0.39 is 11.9 Å². The lowest BCUT2D eigenvalue weighted by atomic mass is 10.5.